The van der Waals surface area contributed by atoms with E-state index < -0.39 is 0 Å². The van der Waals surface area contributed by atoms with Gasteiger partial charge in [0.1, 0.15) is 5.76 Å². The average molecular weight is 193 g/mol. The van der Waals surface area contributed by atoms with Gasteiger partial charge in [0.25, 0.3) is 0 Å². The Balaban J connectivity index is 1.89. The van der Waals surface area contributed by atoms with E-state index in [1.165, 1.54) is 12.8 Å². The average Bonchev–Trinajstić information content (AvgIpc) is 2.74. The molecule has 1 aromatic heterocycles. The van der Waals surface area contributed by atoms with E-state index in [1.807, 2.05) is 6.07 Å². The highest BCUT2D eigenvalue weighted by Gasteiger charge is 2.36. The molecular weight excluding hydrogens is 174 g/mol. The molecule has 2 nitrogen and oxygen atoms in total. The summed E-state index contributed by atoms with van der Waals surface area (Å²) in [4.78, 5) is 0. The van der Waals surface area contributed by atoms with Crippen LogP contribution in [0.1, 0.15) is 44.9 Å². The highest BCUT2D eigenvalue weighted by Crippen LogP contribution is 2.35. The molecule has 1 aliphatic rings. The summed E-state index contributed by atoms with van der Waals surface area (Å²) >= 11 is 0. The molecular formula is C12H19NO. The Morgan fingerprint density at radius 1 is 1.57 bits per heavy atom. The van der Waals surface area contributed by atoms with E-state index in [0.717, 1.165) is 24.1 Å². The standard InChI is InChI=1S/C12H19NO/c1-3-9-8-11(9)13-10(4-2)12-6-5-7-14-12/h5-7,9-11,13H,3-4,8H2,1-2H3. The Bertz CT molecular complexity index is 268. The van der Waals surface area contributed by atoms with Gasteiger partial charge in [-0.1, -0.05) is 20.3 Å². The molecule has 1 N–H and O–H groups in total. The minimum Gasteiger partial charge on any atom is -0.468 e. The fraction of sp³-hybridized carbons (Fsp3) is 0.667. The summed E-state index contributed by atoms with van der Waals surface area (Å²) in [6.07, 6.45) is 5.49. The second kappa shape index (κ2) is 4.18. The lowest BCUT2D eigenvalue weighted by atomic mass is 10.1. The van der Waals surface area contributed by atoms with Gasteiger partial charge >= 0.3 is 0 Å². The van der Waals surface area contributed by atoms with Crippen LogP contribution in [0.3, 0.4) is 0 Å². The lowest BCUT2D eigenvalue weighted by Crippen LogP contribution is -2.23. The van der Waals surface area contributed by atoms with E-state index in [1.54, 1.807) is 6.26 Å². The monoisotopic (exact) mass is 193 g/mol. The molecule has 0 aromatic carbocycles. The molecule has 3 atom stereocenters. The van der Waals surface area contributed by atoms with Crippen molar-refractivity contribution >= 4 is 0 Å². The lowest BCUT2D eigenvalue weighted by Gasteiger charge is -2.14. The van der Waals surface area contributed by atoms with Crippen molar-refractivity contribution in [1.82, 2.24) is 5.32 Å². The third kappa shape index (κ3) is 2.01. The molecule has 0 bridgehead atoms. The lowest BCUT2D eigenvalue weighted by molar-refractivity contribution is 0.395. The van der Waals surface area contributed by atoms with Crippen LogP contribution < -0.4 is 5.32 Å². The third-order valence-corrected chi connectivity index (χ3v) is 3.16. The van der Waals surface area contributed by atoms with E-state index in [2.05, 4.69) is 25.2 Å². The molecule has 1 fully saturated rings. The van der Waals surface area contributed by atoms with Gasteiger partial charge in [-0.15, -0.1) is 0 Å². The van der Waals surface area contributed by atoms with Gasteiger partial charge in [-0.3, -0.25) is 0 Å². The second-order valence-electron chi connectivity index (χ2n) is 4.15. The molecule has 0 radical (unpaired) electrons. The zero-order valence-electron chi connectivity index (χ0n) is 8.99. The molecule has 1 heterocycles. The third-order valence-electron chi connectivity index (χ3n) is 3.16. The van der Waals surface area contributed by atoms with Crippen molar-refractivity contribution in [2.24, 2.45) is 5.92 Å². The molecule has 0 aliphatic heterocycles. The smallest absolute Gasteiger partial charge is 0.120 e. The highest BCUT2D eigenvalue weighted by atomic mass is 16.3. The Morgan fingerprint density at radius 2 is 2.43 bits per heavy atom. The van der Waals surface area contributed by atoms with Crippen LogP contribution in [-0.4, -0.2) is 6.04 Å². The number of hydrogen-bond acceptors (Lipinski definition) is 2. The van der Waals surface area contributed by atoms with E-state index in [-0.39, 0.29) is 0 Å². The number of hydrogen-bond donors (Lipinski definition) is 1. The van der Waals surface area contributed by atoms with Crippen molar-refractivity contribution in [2.75, 3.05) is 0 Å². The molecule has 14 heavy (non-hydrogen) atoms. The summed E-state index contributed by atoms with van der Waals surface area (Å²) in [5, 5.41) is 3.65. The minimum absolute atomic E-state index is 0.409. The van der Waals surface area contributed by atoms with Gasteiger partial charge in [0.15, 0.2) is 0 Å². The quantitative estimate of drug-likeness (QED) is 0.777. The van der Waals surface area contributed by atoms with Gasteiger partial charge in [0.2, 0.25) is 0 Å². The van der Waals surface area contributed by atoms with Gasteiger partial charge in [-0.2, -0.15) is 0 Å². The van der Waals surface area contributed by atoms with E-state index >= 15 is 0 Å². The number of furan rings is 1. The number of nitrogens with one attached hydrogen (secondary N) is 1. The van der Waals surface area contributed by atoms with Crippen molar-refractivity contribution in [2.45, 2.75) is 45.2 Å². The van der Waals surface area contributed by atoms with Crippen LogP contribution in [0.4, 0.5) is 0 Å². The molecule has 78 valence electrons. The normalized spacial score (nSPS) is 27.6. The molecule has 0 spiro atoms. The fourth-order valence-electron chi connectivity index (χ4n) is 2.05. The van der Waals surface area contributed by atoms with Crippen molar-refractivity contribution in [3.63, 3.8) is 0 Å². The molecule has 1 aromatic rings. The summed E-state index contributed by atoms with van der Waals surface area (Å²) < 4.78 is 5.42. The molecule has 1 saturated carbocycles. The first-order valence-corrected chi connectivity index (χ1v) is 5.64. The van der Waals surface area contributed by atoms with Crippen molar-refractivity contribution in [3.05, 3.63) is 24.2 Å². The van der Waals surface area contributed by atoms with Gasteiger partial charge in [0, 0.05) is 6.04 Å². The van der Waals surface area contributed by atoms with Crippen LogP contribution in [0.5, 0.6) is 0 Å². The predicted molar refractivity (Wildman–Crippen MR) is 57.1 cm³/mol. The molecule has 1 aliphatic carbocycles. The molecule has 0 amide bonds. The van der Waals surface area contributed by atoms with E-state index in [0.29, 0.717) is 6.04 Å². The van der Waals surface area contributed by atoms with Crippen LogP contribution in [0.15, 0.2) is 22.8 Å². The summed E-state index contributed by atoms with van der Waals surface area (Å²) in [6.45, 7) is 4.46. The van der Waals surface area contributed by atoms with Gasteiger partial charge < -0.3 is 9.73 Å². The maximum absolute atomic E-state index is 5.42. The summed E-state index contributed by atoms with van der Waals surface area (Å²) in [6, 6.07) is 5.16. The van der Waals surface area contributed by atoms with Crippen molar-refractivity contribution in [1.29, 1.82) is 0 Å². The first-order chi connectivity index (χ1) is 6.85. The van der Waals surface area contributed by atoms with Gasteiger partial charge in [-0.05, 0) is 30.9 Å². The summed E-state index contributed by atoms with van der Waals surface area (Å²) in [5.74, 6) is 1.98. The van der Waals surface area contributed by atoms with Crippen molar-refractivity contribution in [3.8, 4) is 0 Å². The van der Waals surface area contributed by atoms with Crippen LogP contribution in [0.2, 0.25) is 0 Å². The highest BCUT2D eigenvalue weighted by molar-refractivity contribution is 5.06. The predicted octanol–water partition coefficient (Wildman–Crippen LogP) is 3.12. The van der Waals surface area contributed by atoms with Gasteiger partial charge in [0.05, 0.1) is 12.3 Å². The summed E-state index contributed by atoms with van der Waals surface area (Å²) in [5.41, 5.74) is 0. The van der Waals surface area contributed by atoms with E-state index in [4.69, 9.17) is 4.42 Å². The van der Waals surface area contributed by atoms with Crippen LogP contribution in [-0.2, 0) is 0 Å². The molecule has 0 saturated heterocycles. The Labute approximate surface area is 85.7 Å². The first kappa shape index (κ1) is 9.78. The zero-order valence-corrected chi connectivity index (χ0v) is 8.99. The summed E-state index contributed by atoms with van der Waals surface area (Å²) in [7, 11) is 0. The first-order valence-electron chi connectivity index (χ1n) is 5.64. The zero-order chi connectivity index (χ0) is 9.97. The minimum atomic E-state index is 0.409. The fourth-order valence-corrected chi connectivity index (χ4v) is 2.05. The SMILES string of the molecule is CCC(NC1CC1CC)c1ccco1. The van der Waals surface area contributed by atoms with Crippen LogP contribution in [0, 0.1) is 5.92 Å². The largest absolute Gasteiger partial charge is 0.468 e. The second-order valence-corrected chi connectivity index (χ2v) is 4.15. The molecule has 2 heteroatoms. The number of rotatable bonds is 5. The Hall–Kier alpha value is -0.760. The van der Waals surface area contributed by atoms with Crippen LogP contribution in [0.25, 0.3) is 0 Å². The molecule has 3 unspecified atom stereocenters. The van der Waals surface area contributed by atoms with Crippen LogP contribution >= 0.6 is 0 Å². The maximum Gasteiger partial charge on any atom is 0.120 e. The van der Waals surface area contributed by atoms with E-state index in [9.17, 15) is 0 Å². The molecule has 2 rings (SSSR count). The Kier molecular flexibility index (Phi) is 2.92. The topological polar surface area (TPSA) is 25.2 Å². The van der Waals surface area contributed by atoms with Gasteiger partial charge in [-0.25, -0.2) is 0 Å². The van der Waals surface area contributed by atoms with Crippen molar-refractivity contribution < 1.29 is 4.42 Å². The maximum atomic E-state index is 5.42. The Morgan fingerprint density at radius 3 is 2.93 bits per heavy atom.